The highest BCUT2D eigenvalue weighted by Gasteiger charge is 2.32. The Morgan fingerprint density at radius 3 is 2.71 bits per heavy atom. The van der Waals surface area contributed by atoms with Crippen molar-refractivity contribution in [2.75, 3.05) is 24.4 Å². The highest BCUT2D eigenvalue weighted by Crippen LogP contribution is 2.21. The molecule has 1 aromatic heterocycles. The van der Waals surface area contributed by atoms with Crippen LogP contribution in [0.2, 0.25) is 0 Å². The quantitative estimate of drug-likeness (QED) is 0.776. The van der Waals surface area contributed by atoms with Crippen molar-refractivity contribution in [3.05, 3.63) is 11.8 Å². The summed E-state index contributed by atoms with van der Waals surface area (Å²) in [6, 6.07) is 1.61. The number of carbonyl (C=O) groups is 1. The van der Waals surface area contributed by atoms with Crippen molar-refractivity contribution in [2.24, 2.45) is 5.92 Å². The molecule has 1 aromatic rings. The molecule has 0 aliphatic carbocycles. The van der Waals surface area contributed by atoms with Crippen LogP contribution in [0.15, 0.2) is 6.07 Å². The highest BCUT2D eigenvalue weighted by atomic mass is 32.2. The fourth-order valence-corrected chi connectivity index (χ4v) is 3.45. The number of aromatic amines is 1. The van der Waals surface area contributed by atoms with Crippen LogP contribution < -0.4 is 4.72 Å². The Labute approximate surface area is 124 Å². The van der Waals surface area contributed by atoms with Crippen LogP contribution in [-0.4, -0.2) is 48.6 Å². The monoisotopic (exact) mass is 316 g/mol. The number of carbonyl (C=O) groups excluding carboxylic acids is 1. The summed E-state index contributed by atoms with van der Waals surface area (Å²) in [5, 5.41) is 6.52. The van der Waals surface area contributed by atoms with Crippen molar-refractivity contribution in [1.82, 2.24) is 14.5 Å². The van der Waals surface area contributed by atoms with Gasteiger partial charge in [0.1, 0.15) is 0 Å². The highest BCUT2D eigenvalue weighted by molar-refractivity contribution is 7.90. The van der Waals surface area contributed by atoms with Crippen molar-refractivity contribution in [3.8, 4) is 0 Å². The van der Waals surface area contributed by atoms with Crippen LogP contribution in [0.4, 0.5) is 5.82 Å². The van der Waals surface area contributed by atoms with Crippen molar-refractivity contribution >= 4 is 22.0 Å². The maximum Gasteiger partial charge on any atom is 0.309 e. The van der Waals surface area contributed by atoms with Gasteiger partial charge in [-0.25, -0.2) is 0 Å². The standard InChI is InChI=1S/C12H20N4O4S/c1-3-20-12(17)10-4-6-16(7-5-10)21(18,19)15-11-8-9(2)13-14-11/h8,10H,3-7H2,1-2H3,(H2,13,14,15). The molecule has 0 spiro atoms. The van der Waals surface area contributed by atoms with E-state index in [4.69, 9.17) is 4.74 Å². The van der Waals surface area contributed by atoms with E-state index >= 15 is 0 Å². The number of ether oxygens (including phenoxy) is 1. The Kier molecular flexibility index (Phi) is 4.84. The molecule has 8 nitrogen and oxygen atoms in total. The van der Waals surface area contributed by atoms with Gasteiger partial charge in [0.05, 0.1) is 12.5 Å². The molecule has 0 saturated carbocycles. The molecule has 0 aromatic carbocycles. The summed E-state index contributed by atoms with van der Waals surface area (Å²) in [7, 11) is -3.64. The van der Waals surface area contributed by atoms with Gasteiger partial charge >= 0.3 is 16.2 Å². The molecule has 1 saturated heterocycles. The predicted molar refractivity (Wildman–Crippen MR) is 76.8 cm³/mol. The van der Waals surface area contributed by atoms with Gasteiger partial charge in [-0.2, -0.15) is 17.8 Å². The molecule has 21 heavy (non-hydrogen) atoms. The van der Waals surface area contributed by atoms with Gasteiger partial charge in [0.2, 0.25) is 0 Å². The van der Waals surface area contributed by atoms with Crippen molar-refractivity contribution in [2.45, 2.75) is 26.7 Å². The molecule has 0 unspecified atom stereocenters. The zero-order valence-electron chi connectivity index (χ0n) is 12.1. The second kappa shape index (κ2) is 6.44. The number of rotatable bonds is 5. The topological polar surface area (TPSA) is 104 Å². The van der Waals surface area contributed by atoms with E-state index in [-0.39, 0.29) is 17.7 Å². The minimum absolute atomic E-state index is 0.218. The number of hydrogen-bond acceptors (Lipinski definition) is 5. The van der Waals surface area contributed by atoms with E-state index in [0.29, 0.717) is 32.5 Å². The van der Waals surface area contributed by atoms with Gasteiger partial charge in [-0.3, -0.25) is 14.6 Å². The Morgan fingerprint density at radius 2 is 2.19 bits per heavy atom. The molecule has 1 aliphatic heterocycles. The fraction of sp³-hybridized carbons (Fsp3) is 0.667. The fourth-order valence-electron chi connectivity index (χ4n) is 2.26. The molecule has 2 rings (SSSR count). The number of aromatic nitrogens is 2. The second-order valence-corrected chi connectivity index (χ2v) is 6.64. The molecule has 118 valence electrons. The zero-order valence-corrected chi connectivity index (χ0v) is 12.9. The Morgan fingerprint density at radius 1 is 1.52 bits per heavy atom. The molecule has 9 heteroatoms. The number of piperidine rings is 1. The summed E-state index contributed by atoms with van der Waals surface area (Å²) in [5.74, 6) is -0.200. The first-order chi connectivity index (χ1) is 9.92. The van der Waals surface area contributed by atoms with Crippen LogP contribution in [-0.2, 0) is 19.7 Å². The van der Waals surface area contributed by atoms with Gasteiger partial charge < -0.3 is 4.74 Å². The van der Waals surface area contributed by atoms with E-state index in [1.807, 2.05) is 0 Å². The first-order valence-corrected chi connectivity index (χ1v) is 8.33. The lowest BCUT2D eigenvalue weighted by Crippen LogP contribution is -2.43. The molecule has 0 amide bonds. The minimum atomic E-state index is -3.64. The minimum Gasteiger partial charge on any atom is -0.466 e. The molecule has 1 fully saturated rings. The average molecular weight is 316 g/mol. The van der Waals surface area contributed by atoms with Crippen LogP contribution in [0.3, 0.4) is 0 Å². The summed E-state index contributed by atoms with van der Waals surface area (Å²) in [5.41, 5.74) is 0.772. The molecular formula is C12H20N4O4S. The van der Waals surface area contributed by atoms with Crippen LogP contribution >= 0.6 is 0 Å². The molecule has 1 aliphatic rings. The van der Waals surface area contributed by atoms with Gasteiger partial charge in [-0.1, -0.05) is 0 Å². The maximum atomic E-state index is 12.2. The number of hydrogen-bond donors (Lipinski definition) is 2. The SMILES string of the molecule is CCOC(=O)C1CCN(S(=O)(=O)Nc2cc(C)[nH]n2)CC1. The van der Waals surface area contributed by atoms with Crippen LogP contribution in [0.25, 0.3) is 0 Å². The molecule has 0 bridgehead atoms. The molecule has 0 atom stereocenters. The van der Waals surface area contributed by atoms with Crippen molar-refractivity contribution < 1.29 is 17.9 Å². The second-order valence-electron chi connectivity index (χ2n) is 4.97. The summed E-state index contributed by atoms with van der Waals surface area (Å²) in [6.45, 7) is 4.48. The lowest BCUT2D eigenvalue weighted by atomic mass is 9.98. The number of anilines is 1. The number of H-pyrrole nitrogens is 1. The first kappa shape index (κ1) is 15.8. The van der Waals surface area contributed by atoms with E-state index in [9.17, 15) is 13.2 Å². The molecule has 2 N–H and O–H groups in total. The number of aryl methyl sites for hydroxylation is 1. The van der Waals surface area contributed by atoms with E-state index in [0.717, 1.165) is 5.69 Å². The van der Waals surface area contributed by atoms with E-state index in [2.05, 4.69) is 14.9 Å². The Balaban J connectivity index is 1.93. The van der Waals surface area contributed by atoms with Gasteiger partial charge in [-0.05, 0) is 26.7 Å². The summed E-state index contributed by atoms with van der Waals surface area (Å²) >= 11 is 0. The summed E-state index contributed by atoms with van der Waals surface area (Å²) < 4.78 is 33.1. The molecular weight excluding hydrogens is 296 g/mol. The van der Waals surface area contributed by atoms with Crippen molar-refractivity contribution in [1.29, 1.82) is 0 Å². The number of nitrogens with zero attached hydrogens (tertiary/aromatic N) is 2. The summed E-state index contributed by atoms with van der Waals surface area (Å²) in [4.78, 5) is 11.6. The Hall–Kier alpha value is -1.61. The lowest BCUT2D eigenvalue weighted by molar-refractivity contribution is -0.149. The third-order valence-electron chi connectivity index (χ3n) is 3.35. The van der Waals surface area contributed by atoms with Crippen LogP contribution in [0.1, 0.15) is 25.5 Å². The maximum absolute atomic E-state index is 12.2. The van der Waals surface area contributed by atoms with Crippen molar-refractivity contribution in [3.63, 3.8) is 0 Å². The van der Waals surface area contributed by atoms with E-state index in [1.54, 1.807) is 19.9 Å². The van der Waals surface area contributed by atoms with E-state index < -0.39 is 10.2 Å². The van der Waals surface area contributed by atoms with Crippen LogP contribution in [0.5, 0.6) is 0 Å². The normalized spacial score (nSPS) is 17.6. The third kappa shape index (κ3) is 3.94. The van der Waals surface area contributed by atoms with Crippen LogP contribution in [0, 0.1) is 12.8 Å². The lowest BCUT2D eigenvalue weighted by Gasteiger charge is -2.29. The smallest absolute Gasteiger partial charge is 0.309 e. The number of esters is 1. The first-order valence-electron chi connectivity index (χ1n) is 6.89. The molecule has 2 heterocycles. The predicted octanol–water partition coefficient (Wildman–Crippen LogP) is 0.650. The average Bonchev–Trinajstić information content (AvgIpc) is 2.84. The third-order valence-corrected chi connectivity index (χ3v) is 4.87. The van der Waals surface area contributed by atoms with E-state index in [1.165, 1.54) is 4.31 Å². The van der Waals surface area contributed by atoms with Gasteiger partial charge in [-0.15, -0.1) is 0 Å². The van der Waals surface area contributed by atoms with Gasteiger partial charge in [0.25, 0.3) is 0 Å². The largest absolute Gasteiger partial charge is 0.466 e. The molecule has 0 radical (unpaired) electrons. The van der Waals surface area contributed by atoms with Gasteiger partial charge in [0.15, 0.2) is 5.82 Å². The number of nitrogens with one attached hydrogen (secondary N) is 2. The Bertz CT molecular complexity index is 590. The zero-order chi connectivity index (χ0) is 15.5. The van der Waals surface area contributed by atoms with Gasteiger partial charge in [0, 0.05) is 24.8 Å². The summed E-state index contributed by atoms with van der Waals surface area (Å²) in [6.07, 6.45) is 0.943.